The molecule has 0 saturated carbocycles. The maximum absolute atomic E-state index is 13.7. The molecular weight excluding hydrogens is 296 g/mol. The fourth-order valence-corrected chi connectivity index (χ4v) is 1.35. The first-order chi connectivity index (χ1) is 9.72. The van der Waals surface area contributed by atoms with Crippen LogP contribution in [0.1, 0.15) is 6.92 Å². The second-order valence-electron chi connectivity index (χ2n) is 3.99. The average Bonchev–Trinajstić information content (AvgIpc) is 2.44. The number of alkyl halides is 4. The molecule has 2 atom stereocenters. The van der Waals surface area contributed by atoms with Crippen LogP contribution in [-0.4, -0.2) is 35.8 Å². The van der Waals surface area contributed by atoms with Gasteiger partial charge in [-0.3, -0.25) is 0 Å². The monoisotopic (exact) mass is 310 g/mol. The van der Waals surface area contributed by atoms with Gasteiger partial charge in [0, 0.05) is 5.69 Å². The molecule has 1 rings (SSSR count). The molecule has 9 heteroatoms. The first-order valence-electron chi connectivity index (χ1n) is 5.90. The normalized spacial score (nSPS) is 15.9. The Morgan fingerprint density at radius 1 is 1.33 bits per heavy atom. The minimum atomic E-state index is -5.46. The highest BCUT2D eigenvalue weighted by atomic mass is 19.4. The number of carbonyl (C=O) groups excluding carboxylic acids is 1. The van der Waals surface area contributed by atoms with Crippen LogP contribution in [0.2, 0.25) is 0 Å². The van der Waals surface area contributed by atoms with E-state index < -0.39 is 24.0 Å². The Hall–Kier alpha value is -1.87. The van der Waals surface area contributed by atoms with Crippen LogP contribution >= 0.6 is 0 Å². The third-order valence-corrected chi connectivity index (χ3v) is 2.46. The van der Waals surface area contributed by atoms with Crippen LogP contribution < -0.4 is 10.9 Å². The predicted molar refractivity (Wildman–Crippen MR) is 65.7 cm³/mol. The lowest BCUT2D eigenvalue weighted by Crippen LogP contribution is -2.66. The smallest absolute Gasteiger partial charge is 0.436 e. The number of hydrogen-bond donors (Lipinski definition) is 3. The van der Waals surface area contributed by atoms with E-state index in [9.17, 15) is 27.5 Å². The maximum Gasteiger partial charge on any atom is 0.436 e. The molecule has 0 bridgehead atoms. The molecule has 0 spiro atoms. The molecule has 0 aliphatic rings. The van der Waals surface area contributed by atoms with Crippen molar-refractivity contribution < 1.29 is 32.2 Å². The molecule has 0 amide bonds. The largest absolute Gasteiger partial charge is 0.464 e. The third kappa shape index (κ3) is 4.05. The molecule has 0 aliphatic carbocycles. The lowest BCUT2D eigenvalue weighted by molar-refractivity contribution is -0.290. The van der Waals surface area contributed by atoms with Gasteiger partial charge in [0.15, 0.2) is 0 Å². The average molecular weight is 310 g/mol. The Kier molecular flexibility index (Phi) is 5.50. The Labute approximate surface area is 117 Å². The fourth-order valence-electron chi connectivity index (χ4n) is 1.35. The molecular formula is C12H14F4N2O3. The fraction of sp³-hybridized carbons (Fsp3) is 0.417. The minimum Gasteiger partial charge on any atom is -0.464 e. The van der Waals surface area contributed by atoms with Crippen molar-refractivity contribution >= 4 is 11.7 Å². The summed E-state index contributed by atoms with van der Waals surface area (Å²) < 4.78 is 56.4. The Morgan fingerprint density at radius 2 is 1.90 bits per heavy atom. The van der Waals surface area contributed by atoms with E-state index in [1.807, 2.05) is 5.43 Å². The van der Waals surface area contributed by atoms with E-state index >= 15 is 0 Å². The van der Waals surface area contributed by atoms with E-state index in [1.165, 1.54) is 36.6 Å². The molecule has 2 unspecified atom stereocenters. The highest BCUT2D eigenvalue weighted by Crippen LogP contribution is 2.33. The van der Waals surface area contributed by atoms with Crippen LogP contribution in [0.15, 0.2) is 30.3 Å². The summed E-state index contributed by atoms with van der Waals surface area (Å²) in [6.45, 7) is 0.978. The number of rotatable bonds is 6. The summed E-state index contributed by atoms with van der Waals surface area (Å²) in [5.74, 6) is -1.82. The zero-order valence-electron chi connectivity index (χ0n) is 10.9. The van der Waals surface area contributed by atoms with E-state index in [2.05, 4.69) is 4.74 Å². The maximum atomic E-state index is 13.7. The van der Waals surface area contributed by atoms with Crippen molar-refractivity contribution in [1.82, 2.24) is 5.43 Å². The van der Waals surface area contributed by atoms with E-state index in [4.69, 9.17) is 0 Å². The number of hydrogen-bond acceptors (Lipinski definition) is 5. The number of halogens is 4. The number of esters is 1. The topological polar surface area (TPSA) is 70.6 Å². The number of nitrogens with one attached hydrogen (secondary N) is 2. The lowest BCUT2D eigenvalue weighted by atomic mass is 10.1. The van der Waals surface area contributed by atoms with E-state index in [0.29, 0.717) is 0 Å². The van der Waals surface area contributed by atoms with Gasteiger partial charge in [0.1, 0.15) is 0 Å². The standard InChI is InChI=1S/C12H14F4N2O3/c1-2-21-10(19)9(13)11(20,12(14,15)16)18-17-8-6-4-3-5-7-8/h3-7,9,17-18,20H,2H2,1H3. The van der Waals surface area contributed by atoms with Gasteiger partial charge in [-0.15, -0.1) is 0 Å². The van der Waals surface area contributed by atoms with Crippen molar-refractivity contribution in [2.24, 2.45) is 0 Å². The summed E-state index contributed by atoms with van der Waals surface area (Å²) in [6, 6.07) is 7.38. The van der Waals surface area contributed by atoms with Gasteiger partial charge in [-0.1, -0.05) is 18.2 Å². The van der Waals surface area contributed by atoms with Gasteiger partial charge in [-0.2, -0.15) is 18.6 Å². The van der Waals surface area contributed by atoms with Gasteiger partial charge >= 0.3 is 12.1 Å². The van der Waals surface area contributed by atoms with Crippen LogP contribution in [0.5, 0.6) is 0 Å². The molecule has 1 aromatic carbocycles. The summed E-state index contributed by atoms with van der Waals surface area (Å²) in [7, 11) is 0. The van der Waals surface area contributed by atoms with Crippen LogP contribution in [0.4, 0.5) is 23.2 Å². The van der Waals surface area contributed by atoms with Crippen LogP contribution in [0.3, 0.4) is 0 Å². The van der Waals surface area contributed by atoms with E-state index in [-0.39, 0.29) is 12.3 Å². The highest BCUT2D eigenvalue weighted by molar-refractivity contribution is 5.76. The van der Waals surface area contributed by atoms with Crippen molar-refractivity contribution in [2.75, 3.05) is 12.0 Å². The molecule has 0 saturated heterocycles. The van der Waals surface area contributed by atoms with Crippen LogP contribution in [0, 0.1) is 0 Å². The Morgan fingerprint density at radius 3 is 2.38 bits per heavy atom. The number of ether oxygens (including phenoxy) is 1. The summed E-state index contributed by atoms with van der Waals surface area (Å²) in [4.78, 5) is 11.1. The zero-order valence-corrected chi connectivity index (χ0v) is 10.9. The molecule has 3 N–H and O–H groups in total. The summed E-state index contributed by atoms with van der Waals surface area (Å²) in [5.41, 5.74) is -0.596. The van der Waals surface area contributed by atoms with Crippen molar-refractivity contribution in [2.45, 2.75) is 25.0 Å². The van der Waals surface area contributed by atoms with Gasteiger partial charge in [0.2, 0.25) is 6.17 Å². The van der Waals surface area contributed by atoms with Crippen molar-refractivity contribution in [3.8, 4) is 0 Å². The quantitative estimate of drug-likeness (QED) is 0.323. The van der Waals surface area contributed by atoms with Crippen LogP contribution in [0.25, 0.3) is 0 Å². The van der Waals surface area contributed by atoms with Crippen molar-refractivity contribution in [1.29, 1.82) is 0 Å². The molecule has 0 aromatic heterocycles. The Balaban J connectivity index is 2.91. The number of aliphatic hydroxyl groups is 1. The number of para-hydroxylation sites is 1. The van der Waals surface area contributed by atoms with Gasteiger partial charge in [0.05, 0.1) is 6.61 Å². The summed E-state index contributed by atoms with van der Waals surface area (Å²) in [5, 5.41) is 9.50. The first kappa shape index (κ1) is 17.2. The second kappa shape index (κ2) is 6.72. The zero-order chi connectivity index (χ0) is 16.1. The van der Waals surface area contributed by atoms with Gasteiger partial charge in [-0.25, -0.2) is 9.18 Å². The highest BCUT2D eigenvalue weighted by Gasteiger charge is 2.63. The lowest BCUT2D eigenvalue weighted by Gasteiger charge is -2.33. The van der Waals surface area contributed by atoms with Gasteiger partial charge in [-0.05, 0) is 19.1 Å². The molecule has 1 aromatic rings. The van der Waals surface area contributed by atoms with Crippen molar-refractivity contribution in [3.63, 3.8) is 0 Å². The molecule has 118 valence electrons. The SMILES string of the molecule is CCOC(=O)C(F)C(O)(NNc1ccccc1)C(F)(F)F. The van der Waals surface area contributed by atoms with Crippen molar-refractivity contribution in [3.05, 3.63) is 30.3 Å². The number of anilines is 1. The van der Waals surface area contributed by atoms with Gasteiger partial charge in [0.25, 0.3) is 5.72 Å². The molecule has 0 heterocycles. The van der Waals surface area contributed by atoms with Gasteiger partial charge < -0.3 is 15.3 Å². The number of benzene rings is 1. The third-order valence-electron chi connectivity index (χ3n) is 2.46. The number of carbonyl (C=O) groups is 1. The summed E-state index contributed by atoms with van der Waals surface area (Å²) >= 11 is 0. The first-order valence-corrected chi connectivity index (χ1v) is 5.90. The van der Waals surface area contributed by atoms with E-state index in [0.717, 1.165) is 0 Å². The molecule has 0 radical (unpaired) electrons. The van der Waals surface area contributed by atoms with E-state index in [1.54, 1.807) is 6.07 Å². The van der Waals surface area contributed by atoms with Crippen LogP contribution in [-0.2, 0) is 9.53 Å². The second-order valence-corrected chi connectivity index (χ2v) is 3.99. The summed E-state index contributed by atoms with van der Waals surface area (Å²) in [6.07, 6.45) is -8.81. The molecule has 0 fully saturated rings. The molecule has 21 heavy (non-hydrogen) atoms. The predicted octanol–water partition coefficient (Wildman–Crippen LogP) is 1.76. The Bertz CT molecular complexity index is 469. The number of hydrazine groups is 1. The molecule has 0 aliphatic heterocycles. The minimum absolute atomic E-state index is 0.135. The molecule has 5 nitrogen and oxygen atoms in total.